The average Bonchev–Trinajstić information content (AvgIpc) is 1.61. The second-order valence-electron chi connectivity index (χ2n) is 30.4. The number of fused-ring (bicyclic) bond motifs is 21. The number of rotatable bonds is 10. The highest BCUT2D eigenvalue weighted by Gasteiger charge is 2.22. The number of para-hydroxylation sites is 2. The molecule has 0 spiro atoms. The smallest absolute Gasteiger partial charge is 0.0991 e. The highest BCUT2D eigenvalue weighted by atomic mass is 15.1. The molecule has 0 saturated carbocycles. The normalized spacial score (nSPS) is 12.0. The van der Waals surface area contributed by atoms with Crippen LogP contribution in [0.15, 0.2) is 340 Å². The third kappa shape index (κ3) is 9.92. The Balaban J connectivity index is 0.541. The molecule has 17 aromatic carbocycles. The number of nitrogens with one attached hydrogen (secondary N) is 6. The van der Waals surface area contributed by atoms with Crippen molar-refractivity contribution < 1.29 is 0 Å². The van der Waals surface area contributed by atoms with E-state index in [0.29, 0.717) is 11.1 Å². The highest BCUT2D eigenvalue weighted by Crippen LogP contribution is 2.45. The first kappa shape index (κ1) is 63.1. The van der Waals surface area contributed by atoms with Crippen LogP contribution >= 0.6 is 0 Å². The molecule has 10 nitrogen and oxygen atoms in total. The van der Waals surface area contributed by atoms with Gasteiger partial charge in [0.2, 0.25) is 0 Å². The molecule has 0 amide bonds. The number of aromatic amines is 6. The lowest BCUT2D eigenvalue weighted by Crippen LogP contribution is -2.10. The van der Waals surface area contributed by atoms with Crippen molar-refractivity contribution in [2.45, 2.75) is 0 Å². The molecule has 0 saturated heterocycles. The van der Waals surface area contributed by atoms with Gasteiger partial charge in [0.15, 0.2) is 0 Å². The fraction of sp³-hybridized carbons (Fsp3) is 0. The molecule has 114 heavy (non-hydrogen) atoms. The van der Waals surface area contributed by atoms with Crippen LogP contribution in [0.2, 0.25) is 0 Å². The van der Waals surface area contributed by atoms with E-state index in [0.717, 1.165) is 166 Å². The minimum Gasteiger partial charge on any atom is -0.354 e. The summed E-state index contributed by atoms with van der Waals surface area (Å²) in [5.74, 6) is 0. The van der Waals surface area contributed by atoms with Gasteiger partial charge in [-0.25, -0.2) is 0 Å². The Morgan fingerprint density at radius 3 is 0.658 bits per heavy atom. The molecule has 0 fully saturated rings. The van der Waals surface area contributed by atoms with Gasteiger partial charge >= 0.3 is 0 Å². The maximum Gasteiger partial charge on any atom is 0.0991 e. The van der Waals surface area contributed by atoms with E-state index in [9.17, 15) is 10.5 Å². The summed E-state index contributed by atoms with van der Waals surface area (Å²) >= 11 is 0. The standard InChI is InChI=1S/C104H62N10/c105-57-59-9-13-61(14-10-59)63-17-33-77-79-35-19-65(47-93(79)107-91(77)45-63)67-21-37-81-83-39-23-69(51-97(83)109-95(81)49-67)71-25-41-85-87-43-31-75(55-101(87)111-99(85)53-71)113(73-27-29-74(30-28-73)114-103-7-3-1-5-89(103)90-6-2-4-8-104(90)114)76-32-44-88-86-42-26-72(54-100(86)112-102(88)56-76)70-24-40-84-82-38-22-68(50-96(82)110-98(84)52-70)66-20-36-80-78-34-18-64(46-92(78)108-94(80)48-66)62-15-11-60(58-106)12-16-62/h1-56,107-112H. The predicted molar refractivity (Wildman–Crippen MR) is 474 cm³/mol. The molecule has 24 aromatic rings. The summed E-state index contributed by atoms with van der Waals surface area (Å²) in [7, 11) is 0. The molecule has 24 rings (SSSR count). The van der Waals surface area contributed by atoms with Crippen LogP contribution in [0.4, 0.5) is 17.1 Å². The molecule has 7 heterocycles. The Morgan fingerprint density at radius 1 is 0.193 bits per heavy atom. The number of benzene rings is 17. The highest BCUT2D eigenvalue weighted by molar-refractivity contribution is 6.17. The van der Waals surface area contributed by atoms with Crippen LogP contribution in [-0.2, 0) is 0 Å². The van der Waals surface area contributed by atoms with Crippen LogP contribution < -0.4 is 4.90 Å². The molecular weight excluding hydrogens is 1390 g/mol. The van der Waals surface area contributed by atoms with E-state index >= 15 is 0 Å². The van der Waals surface area contributed by atoms with Crippen molar-refractivity contribution in [3.63, 3.8) is 0 Å². The Kier molecular flexibility index (Phi) is 13.5. The van der Waals surface area contributed by atoms with Crippen LogP contribution in [0.25, 0.3) is 225 Å². The van der Waals surface area contributed by atoms with Gasteiger partial charge in [-0.2, -0.15) is 10.5 Å². The summed E-state index contributed by atoms with van der Waals surface area (Å²) < 4.78 is 2.38. The molecule has 0 radical (unpaired) electrons. The summed E-state index contributed by atoms with van der Waals surface area (Å²) in [6.07, 6.45) is 0. The van der Waals surface area contributed by atoms with Crippen molar-refractivity contribution >= 4 is 170 Å². The first-order valence-electron chi connectivity index (χ1n) is 38.5. The molecule has 0 aliphatic carbocycles. The van der Waals surface area contributed by atoms with E-state index in [2.05, 4.69) is 343 Å². The van der Waals surface area contributed by atoms with Gasteiger partial charge in [0.1, 0.15) is 0 Å². The molecule has 0 bridgehead atoms. The lowest BCUT2D eigenvalue weighted by atomic mass is 10.00. The molecule has 0 unspecified atom stereocenters. The van der Waals surface area contributed by atoms with Gasteiger partial charge in [-0.15, -0.1) is 0 Å². The Bertz CT molecular complexity index is 7860. The van der Waals surface area contributed by atoms with Crippen molar-refractivity contribution in [1.82, 2.24) is 34.5 Å². The molecule has 528 valence electrons. The van der Waals surface area contributed by atoms with Gasteiger partial charge in [-0.1, -0.05) is 194 Å². The Labute approximate surface area is 650 Å². The van der Waals surface area contributed by atoms with E-state index in [-0.39, 0.29) is 0 Å². The zero-order valence-electron chi connectivity index (χ0n) is 61.1. The van der Waals surface area contributed by atoms with Crippen LogP contribution in [0.5, 0.6) is 0 Å². The van der Waals surface area contributed by atoms with Crippen molar-refractivity contribution in [3.05, 3.63) is 351 Å². The Morgan fingerprint density at radius 2 is 0.404 bits per heavy atom. The summed E-state index contributed by atoms with van der Waals surface area (Å²) in [5, 5.41) is 35.3. The number of nitriles is 2. The predicted octanol–water partition coefficient (Wildman–Crippen LogP) is 27.8. The van der Waals surface area contributed by atoms with E-state index in [1.165, 1.54) is 75.7 Å². The van der Waals surface area contributed by atoms with Crippen molar-refractivity contribution in [3.8, 4) is 84.6 Å². The molecule has 0 aliphatic rings. The Hall–Kier alpha value is -15.9. The minimum atomic E-state index is 0.656. The van der Waals surface area contributed by atoms with Crippen LogP contribution in [0.3, 0.4) is 0 Å². The number of hydrogen-bond acceptors (Lipinski definition) is 3. The molecule has 6 N–H and O–H groups in total. The second kappa shape index (κ2) is 24.3. The van der Waals surface area contributed by atoms with Gasteiger partial charge in [0, 0.05) is 164 Å². The summed E-state index contributed by atoms with van der Waals surface area (Å²) in [6, 6.07) is 127. The summed E-state index contributed by atoms with van der Waals surface area (Å²) in [5.41, 5.74) is 34.3. The number of hydrogen-bond donors (Lipinski definition) is 6. The lowest BCUT2D eigenvalue weighted by Gasteiger charge is -2.26. The van der Waals surface area contributed by atoms with Crippen LogP contribution in [0, 0.1) is 22.7 Å². The van der Waals surface area contributed by atoms with Crippen molar-refractivity contribution in [2.75, 3.05) is 4.90 Å². The summed E-state index contributed by atoms with van der Waals surface area (Å²) in [6.45, 7) is 0. The van der Waals surface area contributed by atoms with Gasteiger partial charge < -0.3 is 39.4 Å². The van der Waals surface area contributed by atoms with E-state index < -0.39 is 0 Å². The first-order valence-corrected chi connectivity index (χ1v) is 38.5. The number of H-pyrrole nitrogens is 6. The van der Waals surface area contributed by atoms with Gasteiger partial charge in [0.25, 0.3) is 0 Å². The topological polar surface area (TPSA) is 150 Å². The second-order valence-corrected chi connectivity index (χ2v) is 30.4. The quantitative estimate of drug-likeness (QED) is 0.0809. The largest absolute Gasteiger partial charge is 0.354 e. The van der Waals surface area contributed by atoms with Gasteiger partial charge in [0.05, 0.1) is 34.3 Å². The zero-order valence-corrected chi connectivity index (χ0v) is 61.1. The fourth-order valence-electron chi connectivity index (χ4n) is 18.4. The molecule has 0 aliphatic heterocycles. The fourth-order valence-corrected chi connectivity index (χ4v) is 18.4. The molecule has 7 aromatic heterocycles. The van der Waals surface area contributed by atoms with E-state index in [1.807, 2.05) is 48.5 Å². The first-order chi connectivity index (χ1) is 56.3. The van der Waals surface area contributed by atoms with Crippen molar-refractivity contribution in [2.24, 2.45) is 0 Å². The maximum absolute atomic E-state index is 9.35. The van der Waals surface area contributed by atoms with Crippen LogP contribution in [0.1, 0.15) is 11.1 Å². The number of aromatic nitrogens is 7. The molecule has 10 heteroatoms. The zero-order chi connectivity index (χ0) is 75.0. The third-order valence-corrected chi connectivity index (χ3v) is 24.0. The number of nitrogens with zero attached hydrogens (tertiary/aromatic N) is 4. The maximum atomic E-state index is 9.35. The molecule has 0 atom stereocenters. The van der Waals surface area contributed by atoms with Crippen molar-refractivity contribution in [1.29, 1.82) is 10.5 Å². The van der Waals surface area contributed by atoms with Gasteiger partial charge in [-0.3, -0.25) is 0 Å². The van der Waals surface area contributed by atoms with Gasteiger partial charge in [-0.05, 0) is 212 Å². The summed E-state index contributed by atoms with van der Waals surface area (Å²) in [4.78, 5) is 25.2. The monoisotopic (exact) mass is 1450 g/mol. The third-order valence-electron chi connectivity index (χ3n) is 24.0. The van der Waals surface area contributed by atoms with E-state index in [4.69, 9.17) is 0 Å². The van der Waals surface area contributed by atoms with E-state index in [1.54, 1.807) is 0 Å². The lowest BCUT2D eigenvalue weighted by molar-refractivity contribution is 1.17. The minimum absolute atomic E-state index is 0.656. The van der Waals surface area contributed by atoms with Crippen LogP contribution in [-0.4, -0.2) is 34.5 Å². The number of anilines is 3. The SMILES string of the molecule is N#Cc1ccc(-c2ccc3c(c2)[nH]c2cc(-c4ccc5c(c4)[nH]c4cc(-c6ccc7c(c6)[nH]c6cc(N(c8ccc(-n9c%10ccccc%10c%10ccccc%109)cc8)c8ccc9c(c8)[nH]c8cc(-c%10ccc%11c(c%10)[nH]c%10cc(-c%12ccc%13c(c%12)[nH]c%12cc(-c%14ccc(C#N)cc%14)ccc%12%13)ccc%10%11)ccc89)ccc67)ccc45)ccc23)cc1. The average molecular weight is 1450 g/mol. The molecular formula is C104H62N10.